The first-order chi connectivity index (χ1) is 13.7. The normalized spacial score (nSPS) is 16.6. The molecular formula is C22H21FN4O. The average Bonchev–Trinajstić information content (AvgIpc) is 2.76. The van der Waals surface area contributed by atoms with Crippen molar-refractivity contribution in [1.29, 1.82) is 0 Å². The Balaban J connectivity index is 1.48. The highest BCUT2D eigenvalue weighted by molar-refractivity contribution is 5.93. The van der Waals surface area contributed by atoms with Crippen LogP contribution in [-0.4, -0.2) is 29.0 Å². The molecule has 2 aromatic carbocycles. The van der Waals surface area contributed by atoms with Gasteiger partial charge < -0.3 is 10.2 Å². The molecule has 142 valence electrons. The quantitative estimate of drug-likeness (QED) is 0.744. The molecule has 1 amide bonds. The van der Waals surface area contributed by atoms with Gasteiger partial charge in [0, 0.05) is 24.7 Å². The van der Waals surface area contributed by atoms with Gasteiger partial charge in [-0.05, 0) is 25.0 Å². The number of hydrogen-bond donors (Lipinski definition) is 1. The summed E-state index contributed by atoms with van der Waals surface area (Å²) in [6.45, 7) is 1.38. The number of hydrogen-bond acceptors (Lipinski definition) is 4. The van der Waals surface area contributed by atoms with Crippen LogP contribution in [-0.2, 0) is 4.79 Å². The van der Waals surface area contributed by atoms with Crippen molar-refractivity contribution in [2.75, 3.05) is 23.3 Å². The number of anilines is 2. The van der Waals surface area contributed by atoms with Crippen molar-refractivity contribution in [2.45, 2.75) is 12.8 Å². The largest absolute Gasteiger partial charge is 0.356 e. The smallest absolute Gasteiger partial charge is 0.229 e. The number of rotatable bonds is 4. The molecule has 3 aromatic rings. The second-order valence-electron chi connectivity index (χ2n) is 6.88. The SMILES string of the molecule is O=C(Nc1ccccc1F)C1CCCN(c2cc(-c3ccccc3)ncn2)C1. The lowest BCUT2D eigenvalue weighted by atomic mass is 9.97. The second-order valence-corrected chi connectivity index (χ2v) is 6.88. The highest BCUT2D eigenvalue weighted by Crippen LogP contribution is 2.26. The third kappa shape index (κ3) is 4.01. The van der Waals surface area contributed by atoms with Crippen LogP contribution < -0.4 is 10.2 Å². The van der Waals surface area contributed by atoms with E-state index in [1.807, 2.05) is 36.4 Å². The van der Waals surface area contributed by atoms with Gasteiger partial charge in [-0.25, -0.2) is 14.4 Å². The summed E-state index contributed by atoms with van der Waals surface area (Å²) >= 11 is 0. The summed E-state index contributed by atoms with van der Waals surface area (Å²) in [6, 6.07) is 18.1. The molecule has 0 saturated carbocycles. The van der Waals surface area contributed by atoms with Gasteiger partial charge in [0.1, 0.15) is 18.0 Å². The molecule has 28 heavy (non-hydrogen) atoms. The zero-order valence-electron chi connectivity index (χ0n) is 15.4. The molecule has 5 nitrogen and oxygen atoms in total. The van der Waals surface area contributed by atoms with Crippen molar-refractivity contribution in [3.05, 3.63) is 72.8 Å². The van der Waals surface area contributed by atoms with Crippen LogP contribution in [0.5, 0.6) is 0 Å². The van der Waals surface area contributed by atoms with Crippen LogP contribution in [0, 0.1) is 11.7 Å². The zero-order valence-corrected chi connectivity index (χ0v) is 15.4. The molecule has 0 aliphatic carbocycles. The molecule has 1 aromatic heterocycles. The van der Waals surface area contributed by atoms with Crippen molar-refractivity contribution >= 4 is 17.4 Å². The van der Waals surface area contributed by atoms with E-state index < -0.39 is 5.82 Å². The maximum atomic E-state index is 13.8. The molecule has 6 heteroatoms. The number of benzene rings is 2. The Morgan fingerprint density at radius 3 is 2.68 bits per heavy atom. The lowest BCUT2D eigenvalue weighted by Gasteiger charge is -2.33. The van der Waals surface area contributed by atoms with Crippen LogP contribution in [0.15, 0.2) is 67.0 Å². The summed E-state index contributed by atoms with van der Waals surface area (Å²) in [7, 11) is 0. The standard InChI is InChI=1S/C22H21FN4O/c23-18-10-4-5-11-19(18)26-22(28)17-9-6-12-27(14-17)21-13-20(24-15-25-21)16-7-2-1-3-8-16/h1-5,7-8,10-11,13,15,17H,6,9,12,14H2,(H,26,28). The van der Waals surface area contributed by atoms with Crippen molar-refractivity contribution < 1.29 is 9.18 Å². The summed E-state index contributed by atoms with van der Waals surface area (Å²) < 4.78 is 13.8. The van der Waals surface area contributed by atoms with Crippen molar-refractivity contribution in [2.24, 2.45) is 5.92 Å². The predicted molar refractivity (Wildman–Crippen MR) is 107 cm³/mol. The van der Waals surface area contributed by atoms with E-state index >= 15 is 0 Å². The Morgan fingerprint density at radius 2 is 1.86 bits per heavy atom. The Bertz CT molecular complexity index is 964. The monoisotopic (exact) mass is 376 g/mol. The van der Waals surface area contributed by atoms with Crippen LogP contribution in [0.25, 0.3) is 11.3 Å². The van der Waals surface area contributed by atoms with Crippen molar-refractivity contribution in [1.82, 2.24) is 9.97 Å². The van der Waals surface area contributed by atoms with Crippen LogP contribution in [0.4, 0.5) is 15.9 Å². The van der Waals surface area contributed by atoms with Gasteiger partial charge >= 0.3 is 0 Å². The molecule has 1 N–H and O–H groups in total. The van der Waals surface area contributed by atoms with Crippen molar-refractivity contribution in [3.63, 3.8) is 0 Å². The fraction of sp³-hybridized carbons (Fsp3) is 0.227. The molecule has 4 rings (SSSR count). The van der Waals surface area contributed by atoms with Gasteiger partial charge in [0.2, 0.25) is 5.91 Å². The van der Waals surface area contributed by atoms with Gasteiger partial charge in [-0.15, -0.1) is 0 Å². The molecule has 1 aliphatic heterocycles. The average molecular weight is 376 g/mol. The van der Waals surface area contributed by atoms with Crippen LogP contribution in [0.1, 0.15) is 12.8 Å². The van der Waals surface area contributed by atoms with E-state index in [1.165, 1.54) is 6.07 Å². The number of carbonyl (C=O) groups excluding carboxylic acids is 1. The van der Waals surface area contributed by atoms with Gasteiger partial charge in [-0.2, -0.15) is 0 Å². The van der Waals surface area contributed by atoms with E-state index in [9.17, 15) is 9.18 Å². The van der Waals surface area contributed by atoms with Gasteiger partial charge in [0.05, 0.1) is 17.3 Å². The molecule has 1 fully saturated rings. The van der Waals surface area contributed by atoms with Gasteiger partial charge in [-0.1, -0.05) is 42.5 Å². The van der Waals surface area contributed by atoms with Crippen molar-refractivity contribution in [3.8, 4) is 11.3 Å². The van der Waals surface area contributed by atoms with Gasteiger partial charge in [0.15, 0.2) is 0 Å². The Labute approximate surface area is 163 Å². The molecule has 0 spiro atoms. The number of para-hydroxylation sites is 1. The summed E-state index contributed by atoms with van der Waals surface area (Å²) in [5.41, 5.74) is 2.10. The molecule has 2 heterocycles. The molecule has 0 radical (unpaired) electrons. The minimum absolute atomic E-state index is 0.160. The molecule has 0 bridgehead atoms. The minimum atomic E-state index is -0.424. The van der Waals surface area contributed by atoms with E-state index in [2.05, 4.69) is 20.2 Å². The maximum Gasteiger partial charge on any atom is 0.229 e. The number of aromatic nitrogens is 2. The minimum Gasteiger partial charge on any atom is -0.356 e. The Morgan fingerprint density at radius 1 is 1.07 bits per heavy atom. The second kappa shape index (κ2) is 8.17. The van der Waals surface area contributed by atoms with Crippen LogP contribution in [0.3, 0.4) is 0 Å². The molecule has 1 saturated heterocycles. The third-order valence-electron chi connectivity index (χ3n) is 4.97. The topological polar surface area (TPSA) is 58.1 Å². The third-order valence-corrected chi connectivity index (χ3v) is 4.97. The van der Waals surface area contributed by atoms with Crippen LogP contribution in [0.2, 0.25) is 0 Å². The maximum absolute atomic E-state index is 13.8. The fourth-order valence-corrected chi connectivity index (χ4v) is 3.48. The first-order valence-corrected chi connectivity index (χ1v) is 9.38. The number of nitrogens with zero attached hydrogens (tertiary/aromatic N) is 3. The molecular weight excluding hydrogens is 355 g/mol. The number of amides is 1. The summed E-state index contributed by atoms with van der Waals surface area (Å²) in [5.74, 6) is -0.000278. The summed E-state index contributed by atoms with van der Waals surface area (Å²) in [5, 5.41) is 2.72. The highest BCUT2D eigenvalue weighted by Gasteiger charge is 2.27. The highest BCUT2D eigenvalue weighted by atomic mass is 19.1. The Kier molecular flexibility index (Phi) is 5.28. The first kappa shape index (κ1) is 18.1. The summed E-state index contributed by atoms with van der Waals surface area (Å²) in [6.07, 6.45) is 3.20. The number of halogens is 1. The van der Waals surface area contributed by atoms with Crippen LogP contribution >= 0.6 is 0 Å². The number of piperidine rings is 1. The molecule has 1 unspecified atom stereocenters. The lowest BCUT2D eigenvalue weighted by Crippen LogP contribution is -2.41. The van der Waals surface area contributed by atoms with Gasteiger partial charge in [0.25, 0.3) is 0 Å². The van der Waals surface area contributed by atoms with E-state index in [-0.39, 0.29) is 17.5 Å². The van der Waals surface area contributed by atoms with E-state index in [0.29, 0.717) is 6.54 Å². The van der Waals surface area contributed by atoms with E-state index in [1.54, 1.807) is 24.5 Å². The number of nitrogens with one attached hydrogen (secondary N) is 1. The zero-order chi connectivity index (χ0) is 19.3. The van der Waals surface area contributed by atoms with Gasteiger partial charge in [-0.3, -0.25) is 4.79 Å². The number of carbonyl (C=O) groups is 1. The molecule has 1 atom stereocenters. The Hall–Kier alpha value is -3.28. The van der Waals surface area contributed by atoms with E-state index in [4.69, 9.17) is 0 Å². The fourth-order valence-electron chi connectivity index (χ4n) is 3.48. The summed E-state index contributed by atoms with van der Waals surface area (Å²) in [4.78, 5) is 23.5. The van der Waals surface area contributed by atoms with E-state index in [0.717, 1.165) is 36.5 Å². The molecule has 1 aliphatic rings. The first-order valence-electron chi connectivity index (χ1n) is 9.38. The predicted octanol–water partition coefficient (Wildman–Crippen LogP) is 4.14. The lowest BCUT2D eigenvalue weighted by molar-refractivity contribution is -0.120.